The molecule has 0 aliphatic carbocycles. The Kier molecular flexibility index (Phi) is 6.84. The van der Waals surface area contributed by atoms with Crippen LogP contribution >= 0.6 is 0 Å². The topological polar surface area (TPSA) is 43.3 Å². The third-order valence-electron chi connectivity index (χ3n) is 2.91. The van der Waals surface area contributed by atoms with Crippen molar-refractivity contribution in [2.45, 2.75) is 33.2 Å². The highest BCUT2D eigenvalue weighted by Crippen LogP contribution is 2.26. The Morgan fingerprint density at radius 1 is 1.17 bits per heavy atom. The van der Waals surface area contributed by atoms with Gasteiger partial charge >= 0.3 is 8.80 Å². The van der Waals surface area contributed by atoms with E-state index in [0.717, 1.165) is 19.6 Å². The zero-order valence-corrected chi connectivity index (χ0v) is 13.0. The van der Waals surface area contributed by atoms with Gasteiger partial charge in [0.1, 0.15) is 0 Å². The Labute approximate surface area is 111 Å². The van der Waals surface area contributed by atoms with Gasteiger partial charge in [-0.3, -0.25) is 4.99 Å². The van der Waals surface area contributed by atoms with Crippen LogP contribution in [0.3, 0.4) is 0 Å². The predicted octanol–water partition coefficient (Wildman–Crippen LogP) is 1.77. The van der Waals surface area contributed by atoms with E-state index >= 15 is 0 Å². The molecule has 0 saturated heterocycles. The number of hydrogen-bond acceptors (Lipinski definition) is 5. The summed E-state index contributed by atoms with van der Waals surface area (Å²) < 4.78 is 17.7. The monoisotopic (exact) mass is 274 g/mol. The molecule has 1 unspecified atom stereocenters. The molecule has 0 saturated carbocycles. The Morgan fingerprint density at radius 3 is 2.11 bits per heavy atom. The van der Waals surface area contributed by atoms with Crippen LogP contribution in [0.15, 0.2) is 4.99 Å². The summed E-state index contributed by atoms with van der Waals surface area (Å²) >= 11 is 0. The molecule has 1 aliphatic heterocycles. The molecule has 106 valence electrons. The third-order valence-corrected chi connectivity index (χ3v) is 6.37. The minimum atomic E-state index is -2.57. The first-order chi connectivity index (χ1) is 8.68. The van der Waals surface area contributed by atoms with Crippen molar-refractivity contribution in [1.29, 1.82) is 0 Å². The molecule has 0 amide bonds. The molecule has 0 aromatic heterocycles. The van der Waals surface area contributed by atoms with Crippen LogP contribution in [0.2, 0.25) is 5.54 Å². The van der Waals surface area contributed by atoms with Crippen LogP contribution in [0.4, 0.5) is 0 Å². The van der Waals surface area contributed by atoms with Gasteiger partial charge in [0.2, 0.25) is 0 Å². The standard InChI is InChI=1S/C12H26N2O3Si/c1-5-15-18(16-6-2,17-7-3)12(4)10-14-9-8-13-11-14/h11-12H,5-10H2,1-4H3. The third kappa shape index (κ3) is 4.05. The lowest BCUT2D eigenvalue weighted by atomic mass is 10.4. The van der Waals surface area contributed by atoms with Gasteiger partial charge in [0, 0.05) is 38.5 Å². The van der Waals surface area contributed by atoms with Crippen LogP contribution in [0.1, 0.15) is 27.7 Å². The highest BCUT2D eigenvalue weighted by Gasteiger charge is 2.47. The molecule has 18 heavy (non-hydrogen) atoms. The molecule has 0 aromatic carbocycles. The first-order valence-electron chi connectivity index (χ1n) is 6.84. The fraction of sp³-hybridized carbons (Fsp3) is 0.917. The molecule has 0 radical (unpaired) electrons. The molecular weight excluding hydrogens is 248 g/mol. The van der Waals surface area contributed by atoms with Gasteiger partial charge in [-0.2, -0.15) is 0 Å². The number of aliphatic imine (C=N–C) groups is 1. The van der Waals surface area contributed by atoms with E-state index in [1.54, 1.807) is 0 Å². The molecule has 1 rings (SSSR count). The van der Waals surface area contributed by atoms with Crippen molar-refractivity contribution in [3.05, 3.63) is 0 Å². The van der Waals surface area contributed by atoms with Gasteiger partial charge in [-0.15, -0.1) is 0 Å². The average molecular weight is 274 g/mol. The Morgan fingerprint density at radius 2 is 1.72 bits per heavy atom. The molecule has 1 heterocycles. The molecule has 0 aromatic rings. The zero-order chi connectivity index (χ0) is 13.4. The SMILES string of the molecule is CCO[Si](OCC)(OCC)C(C)CN1C=NCC1. The fourth-order valence-electron chi connectivity index (χ4n) is 2.17. The van der Waals surface area contributed by atoms with Crippen molar-refractivity contribution in [2.75, 3.05) is 39.5 Å². The van der Waals surface area contributed by atoms with Crippen LogP contribution in [-0.2, 0) is 13.3 Å². The van der Waals surface area contributed by atoms with Crippen molar-refractivity contribution in [3.63, 3.8) is 0 Å². The largest absolute Gasteiger partial charge is 0.505 e. The number of rotatable bonds is 9. The lowest BCUT2D eigenvalue weighted by Gasteiger charge is -2.35. The van der Waals surface area contributed by atoms with E-state index in [4.69, 9.17) is 13.3 Å². The van der Waals surface area contributed by atoms with Crippen molar-refractivity contribution in [3.8, 4) is 0 Å². The summed E-state index contributed by atoms with van der Waals surface area (Å²) in [6.07, 6.45) is 1.92. The van der Waals surface area contributed by atoms with Gasteiger partial charge in [0.25, 0.3) is 0 Å². The van der Waals surface area contributed by atoms with Crippen molar-refractivity contribution < 1.29 is 13.3 Å². The summed E-state index contributed by atoms with van der Waals surface area (Å²) in [6.45, 7) is 12.8. The van der Waals surface area contributed by atoms with Crippen LogP contribution in [0, 0.1) is 0 Å². The predicted molar refractivity (Wildman–Crippen MR) is 75.0 cm³/mol. The van der Waals surface area contributed by atoms with E-state index in [-0.39, 0.29) is 5.54 Å². The molecule has 0 spiro atoms. The summed E-state index contributed by atoms with van der Waals surface area (Å²) in [5, 5.41) is 0. The van der Waals surface area contributed by atoms with E-state index in [1.165, 1.54) is 0 Å². The minimum Gasteiger partial charge on any atom is -0.374 e. The van der Waals surface area contributed by atoms with Gasteiger partial charge in [0.15, 0.2) is 0 Å². The molecule has 5 nitrogen and oxygen atoms in total. The number of hydrogen-bond donors (Lipinski definition) is 0. The van der Waals surface area contributed by atoms with Gasteiger partial charge in [0.05, 0.1) is 12.9 Å². The number of nitrogens with zero attached hydrogens (tertiary/aromatic N) is 2. The maximum absolute atomic E-state index is 5.91. The lowest BCUT2D eigenvalue weighted by molar-refractivity contribution is 0.0604. The second-order valence-electron chi connectivity index (χ2n) is 4.32. The van der Waals surface area contributed by atoms with E-state index < -0.39 is 8.80 Å². The highest BCUT2D eigenvalue weighted by molar-refractivity contribution is 6.62. The lowest BCUT2D eigenvalue weighted by Crippen LogP contribution is -2.52. The summed E-state index contributed by atoms with van der Waals surface area (Å²) in [4.78, 5) is 6.44. The average Bonchev–Trinajstić information content (AvgIpc) is 2.82. The van der Waals surface area contributed by atoms with Gasteiger partial charge < -0.3 is 18.2 Å². The van der Waals surface area contributed by atoms with Gasteiger partial charge in [-0.05, 0) is 20.8 Å². The molecule has 0 fully saturated rings. The molecule has 0 bridgehead atoms. The summed E-state index contributed by atoms with van der Waals surface area (Å²) in [5.74, 6) is 0. The Balaban J connectivity index is 2.67. The van der Waals surface area contributed by atoms with E-state index in [2.05, 4.69) is 16.8 Å². The van der Waals surface area contributed by atoms with Crippen LogP contribution in [0.25, 0.3) is 0 Å². The molecular formula is C12H26N2O3Si. The second kappa shape index (κ2) is 7.88. The second-order valence-corrected chi connectivity index (χ2v) is 7.38. The summed E-state index contributed by atoms with van der Waals surface area (Å²) in [7, 11) is -2.57. The quantitative estimate of drug-likeness (QED) is 0.601. The summed E-state index contributed by atoms with van der Waals surface area (Å²) in [6, 6.07) is 0. The van der Waals surface area contributed by atoms with Crippen LogP contribution < -0.4 is 0 Å². The van der Waals surface area contributed by atoms with Crippen molar-refractivity contribution in [2.24, 2.45) is 4.99 Å². The normalized spacial score (nSPS) is 17.4. The maximum Gasteiger partial charge on any atom is 0.505 e. The highest BCUT2D eigenvalue weighted by atomic mass is 28.4. The van der Waals surface area contributed by atoms with Crippen LogP contribution in [-0.4, -0.2) is 59.5 Å². The smallest absolute Gasteiger partial charge is 0.374 e. The first-order valence-corrected chi connectivity index (χ1v) is 8.64. The molecule has 0 N–H and O–H groups in total. The Hall–Kier alpha value is -0.433. The van der Waals surface area contributed by atoms with E-state index in [9.17, 15) is 0 Å². The fourth-order valence-corrected chi connectivity index (χ4v) is 4.94. The molecule has 1 aliphatic rings. The van der Waals surface area contributed by atoms with Crippen molar-refractivity contribution >= 4 is 15.1 Å². The Bertz CT molecular complexity index is 247. The maximum atomic E-state index is 5.91. The first kappa shape index (κ1) is 15.6. The minimum absolute atomic E-state index is 0.252. The van der Waals surface area contributed by atoms with E-state index in [1.807, 2.05) is 27.1 Å². The molecule has 1 atom stereocenters. The van der Waals surface area contributed by atoms with Gasteiger partial charge in [-0.25, -0.2) is 0 Å². The summed E-state index contributed by atoms with van der Waals surface area (Å²) in [5.41, 5.74) is 0.252. The van der Waals surface area contributed by atoms with Crippen LogP contribution in [0.5, 0.6) is 0 Å². The van der Waals surface area contributed by atoms with Gasteiger partial charge in [-0.1, -0.05) is 6.92 Å². The van der Waals surface area contributed by atoms with E-state index in [0.29, 0.717) is 19.8 Å². The zero-order valence-electron chi connectivity index (χ0n) is 12.0. The van der Waals surface area contributed by atoms with Crippen molar-refractivity contribution in [1.82, 2.24) is 4.90 Å². The molecule has 6 heteroatoms.